The third-order valence-electron chi connectivity index (χ3n) is 2.66. The van der Waals surface area contributed by atoms with Crippen LogP contribution in [0.5, 0.6) is 0 Å². The van der Waals surface area contributed by atoms with E-state index < -0.39 is 0 Å². The highest BCUT2D eigenvalue weighted by atomic mass is 15.4. The number of nitrogens with zero attached hydrogens (tertiary/aromatic N) is 3. The summed E-state index contributed by atoms with van der Waals surface area (Å²) in [5, 5.41) is 11.7. The first-order valence-electron chi connectivity index (χ1n) is 6.13. The van der Waals surface area contributed by atoms with Gasteiger partial charge in [-0.1, -0.05) is 32.9 Å². The van der Waals surface area contributed by atoms with Crippen LogP contribution in [0.1, 0.15) is 51.4 Å². The first kappa shape index (κ1) is 13.2. The Morgan fingerprint density at radius 1 is 1.25 bits per heavy atom. The molecule has 1 N–H and O–H groups in total. The fourth-order valence-electron chi connectivity index (χ4n) is 1.83. The van der Waals surface area contributed by atoms with Gasteiger partial charge in [-0.15, -0.1) is 5.10 Å². The molecule has 0 aliphatic heterocycles. The number of aromatic nitrogens is 3. The second kappa shape index (κ2) is 5.99. The van der Waals surface area contributed by atoms with Crippen molar-refractivity contribution in [3.05, 3.63) is 11.4 Å². The van der Waals surface area contributed by atoms with Gasteiger partial charge in [-0.05, 0) is 25.3 Å². The smallest absolute Gasteiger partial charge is 0.0999 e. The van der Waals surface area contributed by atoms with Crippen molar-refractivity contribution >= 4 is 0 Å². The Kier molecular flexibility index (Phi) is 4.93. The zero-order chi connectivity index (χ0) is 12.1. The first-order valence-corrected chi connectivity index (χ1v) is 6.13. The largest absolute Gasteiger partial charge is 0.314 e. The van der Waals surface area contributed by atoms with Gasteiger partial charge in [0, 0.05) is 13.1 Å². The molecule has 0 saturated carbocycles. The molecule has 1 rings (SSSR count). The second-order valence-electron chi connectivity index (χ2n) is 5.01. The lowest BCUT2D eigenvalue weighted by molar-refractivity contribution is 0.461. The zero-order valence-electron chi connectivity index (χ0n) is 11.1. The van der Waals surface area contributed by atoms with E-state index in [1.54, 1.807) is 0 Å². The molecule has 0 radical (unpaired) electrons. The monoisotopic (exact) mass is 224 g/mol. The second-order valence-corrected chi connectivity index (χ2v) is 5.01. The van der Waals surface area contributed by atoms with Crippen molar-refractivity contribution in [1.82, 2.24) is 20.3 Å². The summed E-state index contributed by atoms with van der Waals surface area (Å²) >= 11 is 0. The third-order valence-corrected chi connectivity index (χ3v) is 2.66. The van der Waals surface area contributed by atoms with Crippen molar-refractivity contribution in [2.75, 3.05) is 7.05 Å². The van der Waals surface area contributed by atoms with E-state index in [0.29, 0.717) is 11.8 Å². The minimum Gasteiger partial charge on any atom is -0.314 e. The van der Waals surface area contributed by atoms with Gasteiger partial charge in [-0.2, -0.15) is 0 Å². The van der Waals surface area contributed by atoms with Crippen molar-refractivity contribution in [3.8, 4) is 0 Å². The van der Waals surface area contributed by atoms with Gasteiger partial charge in [0.15, 0.2) is 0 Å². The van der Waals surface area contributed by atoms with Crippen molar-refractivity contribution in [2.24, 2.45) is 5.92 Å². The SMILES string of the molecule is CNCc1nnn(CCC(C)C)c1C(C)C. The van der Waals surface area contributed by atoms with E-state index in [-0.39, 0.29) is 0 Å². The molecular weight excluding hydrogens is 200 g/mol. The number of nitrogens with one attached hydrogen (secondary N) is 1. The van der Waals surface area contributed by atoms with Crippen molar-refractivity contribution in [3.63, 3.8) is 0 Å². The predicted molar refractivity (Wildman–Crippen MR) is 66.3 cm³/mol. The van der Waals surface area contributed by atoms with Crippen molar-refractivity contribution < 1.29 is 0 Å². The lowest BCUT2D eigenvalue weighted by Gasteiger charge is -2.12. The van der Waals surface area contributed by atoms with Crippen molar-refractivity contribution in [1.29, 1.82) is 0 Å². The minimum atomic E-state index is 0.477. The molecule has 0 unspecified atom stereocenters. The number of rotatable bonds is 6. The number of aryl methyl sites for hydroxylation is 1. The van der Waals surface area contributed by atoms with E-state index in [1.807, 2.05) is 7.05 Å². The predicted octanol–water partition coefficient (Wildman–Crippen LogP) is 2.17. The van der Waals surface area contributed by atoms with Crippen LogP contribution in [0.15, 0.2) is 0 Å². The molecule has 0 fully saturated rings. The molecule has 4 nitrogen and oxygen atoms in total. The summed E-state index contributed by atoms with van der Waals surface area (Å²) in [4.78, 5) is 0. The average Bonchev–Trinajstić information content (AvgIpc) is 2.58. The molecule has 0 aliphatic carbocycles. The van der Waals surface area contributed by atoms with Crippen LogP contribution < -0.4 is 5.32 Å². The normalized spacial score (nSPS) is 11.7. The molecule has 0 aromatic carbocycles. The van der Waals surface area contributed by atoms with Crippen LogP contribution in [0.3, 0.4) is 0 Å². The van der Waals surface area contributed by atoms with Crippen LogP contribution in [-0.4, -0.2) is 22.0 Å². The summed E-state index contributed by atoms with van der Waals surface area (Å²) < 4.78 is 2.07. The van der Waals surface area contributed by atoms with Gasteiger partial charge in [0.25, 0.3) is 0 Å². The van der Waals surface area contributed by atoms with Crippen molar-refractivity contribution in [2.45, 2.75) is 53.1 Å². The summed E-state index contributed by atoms with van der Waals surface area (Å²) in [6.07, 6.45) is 1.15. The van der Waals surface area contributed by atoms with Gasteiger partial charge < -0.3 is 5.32 Å². The number of hydrogen-bond donors (Lipinski definition) is 1. The average molecular weight is 224 g/mol. The summed E-state index contributed by atoms with van der Waals surface area (Å²) in [6.45, 7) is 10.6. The fraction of sp³-hybridized carbons (Fsp3) is 0.833. The van der Waals surface area contributed by atoms with Gasteiger partial charge in [-0.25, -0.2) is 4.68 Å². The molecule has 0 aliphatic rings. The standard InChI is InChI=1S/C12H24N4/c1-9(2)6-7-16-12(10(3)4)11(8-13-5)14-15-16/h9-10,13H,6-8H2,1-5H3. The van der Waals surface area contributed by atoms with Gasteiger partial charge in [0.2, 0.25) is 0 Å². The molecular formula is C12H24N4. The Morgan fingerprint density at radius 2 is 1.94 bits per heavy atom. The Hall–Kier alpha value is -0.900. The molecule has 1 heterocycles. The molecule has 0 spiro atoms. The van der Waals surface area contributed by atoms with Gasteiger partial charge in [0.1, 0.15) is 0 Å². The van der Waals surface area contributed by atoms with E-state index in [1.165, 1.54) is 5.69 Å². The molecule has 1 aromatic heterocycles. The van der Waals surface area contributed by atoms with E-state index >= 15 is 0 Å². The Labute approximate surface area is 98.4 Å². The molecule has 0 amide bonds. The molecule has 0 bridgehead atoms. The van der Waals surface area contributed by atoms with E-state index in [4.69, 9.17) is 0 Å². The Bertz CT molecular complexity index is 315. The van der Waals surface area contributed by atoms with E-state index in [2.05, 4.69) is 48.0 Å². The van der Waals surface area contributed by atoms with Gasteiger partial charge >= 0.3 is 0 Å². The quantitative estimate of drug-likeness (QED) is 0.805. The third kappa shape index (κ3) is 3.30. The van der Waals surface area contributed by atoms with Crippen LogP contribution in [0.25, 0.3) is 0 Å². The summed E-state index contributed by atoms with van der Waals surface area (Å²) in [6, 6.07) is 0. The van der Waals surface area contributed by atoms with Gasteiger partial charge in [0.05, 0.1) is 11.4 Å². The first-order chi connectivity index (χ1) is 7.56. The maximum absolute atomic E-state index is 4.26. The molecule has 0 saturated heterocycles. The highest BCUT2D eigenvalue weighted by Crippen LogP contribution is 2.18. The zero-order valence-corrected chi connectivity index (χ0v) is 11.1. The lowest BCUT2D eigenvalue weighted by Crippen LogP contribution is -2.12. The minimum absolute atomic E-state index is 0.477. The number of hydrogen-bond acceptors (Lipinski definition) is 3. The summed E-state index contributed by atoms with van der Waals surface area (Å²) in [7, 11) is 1.94. The fourth-order valence-corrected chi connectivity index (χ4v) is 1.83. The van der Waals surface area contributed by atoms with Crippen LogP contribution in [-0.2, 0) is 13.1 Å². The van der Waals surface area contributed by atoms with E-state index in [0.717, 1.165) is 25.2 Å². The van der Waals surface area contributed by atoms with Crippen LogP contribution >= 0.6 is 0 Å². The topological polar surface area (TPSA) is 42.7 Å². The Balaban J connectivity index is 2.82. The van der Waals surface area contributed by atoms with Crippen LogP contribution in [0, 0.1) is 5.92 Å². The summed E-state index contributed by atoms with van der Waals surface area (Å²) in [5.41, 5.74) is 2.36. The molecule has 92 valence electrons. The van der Waals surface area contributed by atoms with Gasteiger partial charge in [-0.3, -0.25) is 0 Å². The Morgan fingerprint density at radius 3 is 2.44 bits per heavy atom. The molecule has 1 aromatic rings. The summed E-state index contributed by atoms with van der Waals surface area (Å²) in [5.74, 6) is 1.18. The molecule has 0 atom stereocenters. The maximum atomic E-state index is 4.26. The molecule has 4 heteroatoms. The highest BCUT2D eigenvalue weighted by Gasteiger charge is 2.15. The van der Waals surface area contributed by atoms with Crippen LogP contribution in [0.4, 0.5) is 0 Å². The van der Waals surface area contributed by atoms with Crippen LogP contribution in [0.2, 0.25) is 0 Å². The highest BCUT2D eigenvalue weighted by molar-refractivity contribution is 5.14. The van der Waals surface area contributed by atoms with E-state index in [9.17, 15) is 0 Å². The molecule has 16 heavy (non-hydrogen) atoms. The lowest BCUT2D eigenvalue weighted by atomic mass is 10.1. The maximum Gasteiger partial charge on any atom is 0.0999 e.